The van der Waals surface area contributed by atoms with Gasteiger partial charge in [0.1, 0.15) is 17.5 Å². The van der Waals surface area contributed by atoms with E-state index in [0.29, 0.717) is 17.2 Å². The number of carbonyl (C=O) groups excluding carboxylic acids is 3. The molecule has 0 radical (unpaired) electrons. The Morgan fingerprint density at radius 1 is 0.775 bits per heavy atom. The fourth-order valence-electron chi connectivity index (χ4n) is 4.43. The van der Waals surface area contributed by atoms with Gasteiger partial charge in [0.2, 0.25) is 5.91 Å². The van der Waals surface area contributed by atoms with E-state index in [1.165, 1.54) is 0 Å². The monoisotopic (exact) mass is 612 g/mol. The van der Waals surface area contributed by atoms with E-state index < -0.39 is 23.8 Å². The summed E-state index contributed by atoms with van der Waals surface area (Å²) < 4.78 is 5.88. The molecular weight excluding hydrogens is 594 g/mol. The molecule has 4 aromatic rings. The average Bonchev–Trinajstić information content (AvgIpc) is 3.20. The zero-order chi connectivity index (χ0) is 28.6. The summed E-state index contributed by atoms with van der Waals surface area (Å²) >= 11 is 24.9. The SMILES string of the molecule is Cc1cccc(Oc2ccc(NC(=O)[C@@H](Cc3ccccc3)N3C(=O)c4c(Cl)c(Cl)c(Cl)c(Cl)c4C3=O)cc2)c1. The Hall–Kier alpha value is -3.55. The summed E-state index contributed by atoms with van der Waals surface area (Å²) in [5, 5.41) is 2.11. The highest BCUT2D eigenvalue weighted by Crippen LogP contribution is 2.45. The number of hydrogen-bond donors (Lipinski definition) is 1. The van der Waals surface area contributed by atoms with E-state index in [9.17, 15) is 14.4 Å². The lowest BCUT2D eigenvalue weighted by atomic mass is 10.0. The first kappa shape index (κ1) is 28.0. The van der Waals surface area contributed by atoms with Gasteiger partial charge in [-0.25, -0.2) is 0 Å². The Bertz CT molecular complexity index is 1600. The van der Waals surface area contributed by atoms with Crippen LogP contribution in [0.3, 0.4) is 0 Å². The van der Waals surface area contributed by atoms with Crippen LogP contribution in [0.1, 0.15) is 31.8 Å². The summed E-state index contributed by atoms with van der Waals surface area (Å²) in [5.41, 5.74) is 1.86. The molecule has 0 unspecified atom stereocenters. The zero-order valence-electron chi connectivity index (χ0n) is 20.9. The second kappa shape index (κ2) is 11.5. The van der Waals surface area contributed by atoms with Gasteiger partial charge in [0, 0.05) is 12.1 Å². The summed E-state index contributed by atoms with van der Waals surface area (Å²) in [7, 11) is 0. The molecule has 1 N–H and O–H groups in total. The van der Waals surface area contributed by atoms with Gasteiger partial charge in [0.15, 0.2) is 0 Å². The average molecular weight is 614 g/mol. The normalized spacial score (nSPS) is 13.3. The highest BCUT2D eigenvalue weighted by Gasteiger charge is 2.46. The molecule has 1 heterocycles. The maximum atomic E-state index is 13.7. The Morgan fingerprint density at radius 3 is 1.95 bits per heavy atom. The molecule has 6 nitrogen and oxygen atoms in total. The molecule has 40 heavy (non-hydrogen) atoms. The topological polar surface area (TPSA) is 75.7 Å². The van der Waals surface area contributed by atoms with E-state index in [1.807, 2.05) is 37.3 Å². The summed E-state index contributed by atoms with van der Waals surface area (Å²) in [6, 6.07) is 22.1. The minimum absolute atomic E-state index is 0.0450. The third-order valence-electron chi connectivity index (χ3n) is 6.37. The lowest BCUT2D eigenvalue weighted by molar-refractivity contribution is -0.119. The summed E-state index contributed by atoms with van der Waals surface area (Å²) in [6.45, 7) is 1.97. The van der Waals surface area contributed by atoms with Crippen LogP contribution in [0.4, 0.5) is 5.69 Å². The molecule has 0 spiro atoms. The summed E-state index contributed by atoms with van der Waals surface area (Å²) in [5.74, 6) is -0.910. The molecule has 5 rings (SSSR count). The molecule has 0 saturated carbocycles. The van der Waals surface area contributed by atoms with Gasteiger partial charge in [-0.15, -0.1) is 0 Å². The van der Waals surface area contributed by atoms with Crippen molar-refractivity contribution in [3.05, 3.63) is 121 Å². The van der Waals surface area contributed by atoms with Gasteiger partial charge < -0.3 is 10.1 Å². The number of benzene rings is 4. The molecule has 0 aromatic heterocycles. The van der Waals surface area contributed by atoms with E-state index in [-0.39, 0.29) is 37.6 Å². The second-order valence-electron chi connectivity index (χ2n) is 9.12. The largest absolute Gasteiger partial charge is 0.457 e. The van der Waals surface area contributed by atoms with Crippen LogP contribution in [-0.4, -0.2) is 28.7 Å². The van der Waals surface area contributed by atoms with Crippen LogP contribution < -0.4 is 10.1 Å². The van der Waals surface area contributed by atoms with Gasteiger partial charge in [0.25, 0.3) is 11.8 Å². The number of carbonyl (C=O) groups is 3. The fourth-order valence-corrected chi connectivity index (χ4v) is 5.45. The van der Waals surface area contributed by atoms with Crippen molar-refractivity contribution >= 4 is 69.8 Å². The zero-order valence-corrected chi connectivity index (χ0v) is 23.9. The highest BCUT2D eigenvalue weighted by molar-refractivity contribution is 6.55. The summed E-state index contributed by atoms with van der Waals surface area (Å²) in [4.78, 5) is 41.6. The molecule has 10 heteroatoms. The van der Waals surface area contributed by atoms with Crippen LogP contribution in [0.5, 0.6) is 11.5 Å². The molecule has 0 aliphatic carbocycles. The molecule has 4 aromatic carbocycles. The number of fused-ring (bicyclic) bond motifs is 1. The number of nitrogens with one attached hydrogen (secondary N) is 1. The number of halogens is 4. The third-order valence-corrected chi connectivity index (χ3v) is 8.17. The van der Waals surface area contributed by atoms with E-state index in [4.69, 9.17) is 51.1 Å². The van der Waals surface area contributed by atoms with E-state index >= 15 is 0 Å². The molecular formula is C30H20Cl4N2O4. The fraction of sp³-hybridized carbons (Fsp3) is 0.100. The number of imide groups is 1. The maximum absolute atomic E-state index is 13.7. The lowest BCUT2D eigenvalue weighted by Crippen LogP contribution is -2.48. The smallest absolute Gasteiger partial charge is 0.263 e. The van der Waals surface area contributed by atoms with Crippen molar-refractivity contribution in [2.45, 2.75) is 19.4 Å². The number of amides is 3. The van der Waals surface area contributed by atoms with Crippen molar-refractivity contribution in [3.63, 3.8) is 0 Å². The van der Waals surface area contributed by atoms with Crippen molar-refractivity contribution in [2.24, 2.45) is 0 Å². The molecule has 0 fully saturated rings. The predicted molar refractivity (Wildman–Crippen MR) is 157 cm³/mol. The van der Waals surface area contributed by atoms with Crippen LogP contribution in [0, 0.1) is 6.92 Å². The standard InChI is InChI=1S/C30H20Cl4N2O4/c1-16-6-5-9-20(14-16)40-19-12-10-18(11-13-19)35-28(37)21(15-17-7-3-2-4-8-17)36-29(38)22-23(30(36)39)25(32)27(34)26(33)24(22)31/h2-14,21H,15H2,1H3,(H,35,37)/t21-/m1/s1. The summed E-state index contributed by atoms with van der Waals surface area (Å²) in [6.07, 6.45) is 0.0450. The van der Waals surface area contributed by atoms with E-state index in [1.54, 1.807) is 48.5 Å². The second-order valence-corrected chi connectivity index (χ2v) is 10.6. The Morgan fingerprint density at radius 2 is 1.38 bits per heavy atom. The number of anilines is 1. The van der Waals surface area contributed by atoms with Crippen LogP contribution in [0.15, 0.2) is 78.9 Å². The van der Waals surface area contributed by atoms with Gasteiger partial charge in [-0.2, -0.15) is 0 Å². The Balaban J connectivity index is 1.43. The molecule has 202 valence electrons. The first-order chi connectivity index (χ1) is 19.2. The van der Waals surface area contributed by atoms with Crippen LogP contribution in [-0.2, 0) is 11.2 Å². The molecule has 3 amide bonds. The van der Waals surface area contributed by atoms with Crippen LogP contribution >= 0.6 is 46.4 Å². The Kier molecular flexibility index (Phi) is 8.06. The molecule has 0 bridgehead atoms. The number of aryl methyl sites for hydroxylation is 1. The Labute approximate surface area is 250 Å². The van der Waals surface area contributed by atoms with Crippen molar-refractivity contribution in [1.29, 1.82) is 0 Å². The van der Waals surface area contributed by atoms with Crippen LogP contribution in [0.2, 0.25) is 20.1 Å². The lowest BCUT2D eigenvalue weighted by Gasteiger charge is -2.25. The molecule has 1 aliphatic heterocycles. The molecule has 0 saturated heterocycles. The number of rotatable bonds is 7. The van der Waals surface area contributed by atoms with Gasteiger partial charge in [0.05, 0.1) is 31.2 Å². The van der Waals surface area contributed by atoms with Crippen molar-refractivity contribution < 1.29 is 19.1 Å². The number of hydrogen-bond acceptors (Lipinski definition) is 4. The van der Waals surface area contributed by atoms with Gasteiger partial charge >= 0.3 is 0 Å². The molecule has 1 atom stereocenters. The van der Waals surface area contributed by atoms with Gasteiger partial charge in [-0.3, -0.25) is 19.3 Å². The maximum Gasteiger partial charge on any atom is 0.263 e. The first-order valence-electron chi connectivity index (χ1n) is 12.1. The van der Waals surface area contributed by atoms with Crippen molar-refractivity contribution in [1.82, 2.24) is 4.90 Å². The van der Waals surface area contributed by atoms with Gasteiger partial charge in [-0.05, 0) is 54.4 Å². The predicted octanol–water partition coefficient (Wildman–Crippen LogP) is 8.25. The van der Waals surface area contributed by atoms with Crippen molar-refractivity contribution in [3.8, 4) is 11.5 Å². The molecule has 1 aliphatic rings. The van der Waals surface area contributed by atoms with Gasteiger partial charge in [-0.1, -0.05) is 88.9 Å². The minimum Gasteiger partial charge on any atom is -0.457 e. The highest BCUT2D eigenvalue weighted by atomic mass is 35.5. The van der Waals surface area contributed by atoms with Crippen LogP contribution in [0.25, 0.3) is 0 Å². The van der Waals surface area contributed by atoms with E-state index in [2.05, 4.69) is 5.32 Å². The van der Waals surface area contributed by atoms with Crippen molar-refractivity contribution in [2.75, 3.05) is 5.32 Å². The number of ether oxygens (including phenoxy) is 1. The third kappa shape index (κ3) is 5.40. The number of nitrogens with zero attached hydrogens (tertiary/aromatic N) is 1. The first-order valence-corrected chi connectivity index (χ1v) is 13.6. The minimum atomic E-state index is -1.23. The quantitative estimate of drug-likeness (QED) is 0.129. The van der Waals surface area contributed by atoms with E-state index in [0.717, 1.165) is 16.0 Å².